The van der Waals surface area contributed by atoms with E-state index in [1.807, 2.05) is 6.07 Å². The molecule has 3 fully saturated rings. The van der Waals surface area contributed by atoms with Gasteiger partial charge in [-0.2, -0.15) is 0 Å². The summed E-state index contributed by atoms with van der Waals surface area (Å²) in [5.41, 5.74) is 5.78. The van der Waals surface area contributed by atoms with Crippen LogP contribution in [0.4, 0.5) is 5.82 Å². The number of primary amides is 1. The van der Waals surface area contributed by atoms with Crippen LogP contribution in [-0.4, -0.2) is 61.7 Å². The molecule has 1 aromatic rings. The Hall–Kier alpha value is -1.66. The van der Waals surface area contributed by atoms with Crippen LogP contribution in [0, 0.1) is 17.8 Å². The van der Waals surface area contributed by atoms with E-state index in [9.17, 15) is 4.79 Å². The summed E-state index contributed by atoms with van der Waals surface area (Å²) in [5, 5.41) is 0. The van der Waals surface area contributed by atoms with Crippen molar-refractivity contribution in [1.82, 2.24) is 9.88 Å². The molecule has 1 aromatic heterocycles. The number of hydrogen-bond donors (Lipinski definition) is 1. The van der Waals surface area contributed by atoms with Gasteiger partial charge in [-0.3, -0.25) is 4.79 Å². The molecule has 142 valence electrons. The fourth-order valence-electron chi connectivity index (χ4n) is 4.56. The summed E-state index contributed by atoms with van der Waals surface area (Å²) in [6.45, 7) is 3.00. The lowest BCUT2D eigenvalue weighted by Gasteiger charge is -2.41. The monoisotopic (exact) mass is 358 g/mol. The number of amides is 1. The lowest BCUT2D eigenvalue weighted by atomic mass is 9.77. The molecule has 2 aliphatic carbocycles. The molecule has 0 radical (unpaired) electrons. The van der Waals surface area contributed by atoms with E-state index in [0.717, 1.165) is 37.9 Å². The Morgan fingerprint density at radius 3 is 2.58 bits per heavy atom. The molecule has 6 heteroatoms. The molecule has 4 atom stereocenters. The smallest absolute Gasteiger partial charge is 0.250 e. The summed E-state index contributed by atoms with van der Waals surface area (Å²) in [5.74, 6) is 2.67. The topological polar surface area (TPSA) is 71.7 Å². The normalized spacial score (nSPS) is 31.3. The van der Waals surface area contributed by atoms with Crippen molar-refractivity contribution in [2.24, 2.45) is 23.5 Å². The minimum absolute atomic E-state index is 0.344. The number of ether oxygens (including phenoxy) is 1. The number of likely N-dealkylation sites (N-methyl/N-ethyl adjacent to an activating group) is 1. The first-order valence-electron chi connectivity index (χ1n) is 9.80. The zero-order valence-electron chi connectivity index (χ0n) is 15.8. The quantitative estimate of drug-likeness (QED) is 0.839. The van der Waals surface area contributed by atoms with Crippen LogP contribution in [0.15, 0.2) is 18.3 Å². The number of carbonyl (C=O) groups excluding carboxylic acids is 1. The third-order valence-corrected chi connectivity index (χ3v) is 6.35. The van der Waals surface area contributed by atoms with E-state index in [4.69, 9.17) is 10.5 Å². The Morgan fingerprint density at radius 1 is 1.27 bits per heavy atom. The van der Waals surface area contributed by atoms with Crippen molar-refractivity contribution in [1.29, 1.82) is 0 Å². The predicted octanol–water partition coefficient (Wildman–Crippen LogP) is 1.75. The zero-order chi connectivity index (χ0) is 18.3. The second-order valence-electron chi connectivity index (χ2n) is 8.51. The molecule has 2 N–H and O–H groups in total. The Morgan fingerprint density at radius 2 is 2.00 bits per heavy atom. The number of nitrogens with two attached hydrogens (primary N) is 1. The van der Waals surface area contributed by atoms with Crippen LogP contribution in [0.25, 0.3) is 0 Å². The summed E-state index contributed by atoms with van der Waals surface area (Å²) in [7, 11) is 4.35. The molecule has 0 bridgehead atoms. The molecular formula is C20H30N4O2. The predicted molar refractivity (Wildman–Crippen MR) is 101 cm³/mol. The van der Waals surface area contributed by atoms with Gasteiger partial charge in [-0.1, -0.05) is 0 Å². The maximum absolute atomic E-state index is 11.2. The molecule has 1 amide bonds. The number of rotatable bonds is 6. The Labute approximate surface area is 155 Å². The average molecular weight is 358 g/mol. The van der Waals surface area contributed by atoms with E-state index < -0.39 is 5.91 Å². The Balaban J connectivity index is 1.42. The van der Waals surface area contributed by atoms with Gasteiger partial charge >= 0.3 is 0 Å². The molecule has 2 saturated carbocycles. The van der Waals surface area contributed by atoms with Gasteiger partial charge in [-0.05, 0) is 69.7 Å². The van der Waals surface area contributed by atoms with Gasteiger partial charge in [0.15, 0.2) is 0 Å². The lowest BCUT2D eigenvalue weighted by Crippen LogP contribution is -2.48. The molecule has 2 heterocycles. The first kappa shape index (κ1) is 17.7. The minimum atomic E-state index is -0.427. The van der Waals surface area contributed by atoms with Gasteiger partial charge in [-0.25, -0.2) is 4.98 Å². The van der Waals surface area contributed by atoms with Crippen molar-refractivity contribution >= 4 is 11.7 Å². The highest BCUT2D eigenvalue weighted by Gasteiger charge is 2.44. The van der Waals surface area contributed by atoms with Crippen LogP contribution in [0.3, 0.4) is 0 Å². The maximum atomic E-state index is 11.2. The molecule has 0 unspecified atom stereocenters. The van der Waals surface area contributed by atoms with Crippen LogP contribution in [-0.2, 0) is 4.74 Å². The number of fused-ring (bicyclic) bond motifs is 1. The van der Waals surface area contributed by atoms with Gasteiger partial charge in [-0.15, -0.1) is 0 Å². The molecule has 6 nitrogen and oxygen atoms in total. The van der Waals surface area contributed by atoms with Crippen LogP contribution in [0.1, 0.15) is 36.0 Å². The number of carbonyl (C=O) groups is 1. The first-order chi connectivity index (χ1) is 12.5. The molecule has 0 aromatic carbocycles. The molecule has 1 aliphatic heterocycles. The van der Waals surface area contributed by atoms with Gasteiger partial charge in [0.05, 0.1) is 11.7 Å². The summed E-state index contributed by atoms with van der Waals surface area (Å²) < 4.78 is 6.34. The van der Waals surface area contributed by atoms with Crippen molar-refractivity contribution in [3.63, 3.8) is 0 Å². The number of anilines is 1. The van der Waals surface area contributed by atoms with Gasteiger partial charge in [0.2, 0.25) is 5.91 Å². The summed E-state index contributed by atoms with van der Waals surface area (Å²) in [6.07, 6.45) is 6.93. The van der Waals surface area contributed by atoms with Crippen LogP contribution < -0.4 is 10.6 Å². The third kappa shape index (κ3) is 3.71. The zero-order valence-corrected chi connectivity index (χ0v) is 15.8. The van der Waals surface area contributed by atoms with Crippen molar-refractivity contribution in [3.05, 3.63) is 23.9 Å². The van der Waals surface area contributed by atoms with E-state index in [1.54, 1.807) is 12.3 Å². The van der Waals surface area contributed by atoms with Gasteiger partial charge in [0.25, 0.3) is 0 Å². The highest BCUT2D eigenvalue weighted by molar-refractivity contribution is 5.92. The van der Waals surface area contributed by atoms with Crippen LogP contribution >= 0.6 is 0 Å². The summed E-state index contributed by atoms with van der Waals surface area (Å²) >= 11 is 0. The fraction of sp³-hybridized carbons (Fsp3) is 0.700. The second kappa shape index (κ2) is 7.16. The average Bonchev–Trinajstić information content (AvgIpc) is 3.36. The molecule has 3 aliphatic rings. The van der Waals surface area contributed by atoms with Crippen molar-refractivity contribution in [3.8, 4) is 0 Å². The van der Waals surface area contributed by atoms with Gasteiger partial charge in [0, 0.05) is 31.9 Å². The van der Waals surface area contributed by atoms with E-state index in [1.165, 1.54) is 19.3 Å². The van der Waals surface area contributed by atoms with Gasteiger partial charge < -0.3 is 20.3 Å². The summed E-state index contributed by atoms with van der Waals surface area (Å²) in [6, 6.07) is 4.19. The lowest BCUT2D eigenvalue weighted by molar-refractivity contribution is -0.0493. The standard InChI is InChI=1S/C20H30N4O2/c1-23(2)17-7-15-10-24(19-6-5-14(9-22-19)20(21)25)11-16(15)8-18(17)26-12-13-3-4-13/h5-6,9,13,15-18H,3-4,7-8,10-12H2,1-2H3,(H2,21,25)/t15-,16+,17-,18-/m1/s1. The van der Waals surface area contributed by atoms with E-state index in [0.29, 0.717) is 29.5 Å². The molecular weight excluding hydrogens is 328 g/mol. The SMILES string of the molecule is CN(C)[C@@H]1C[C@@H]2CN(c3ccc(C(N)=O)cn3)C[C@@H]2C[C@H]1OCC1CC1. The van der Waals surface area contributed by atoms with E-state index >= 15 is 0 Å². The third-order valence-electron chi connectivity index (χ3n) is 6.35. The van der Waals surface area contributed by atoms with Crippen molar-refractivity contribution in [2.45, 2.75) is 37.8 Å². The Bertz CT molecular complexity index is 644. The number of pyridine rings is 1. The molecule has 1 saturated heterocycles. The van der Waals surface area contributed by atoms with E-state index in [2.05, 4.69) is 28.9 Å². The highest BCUT2D eigenvalue weighted by Crippen LogP contribution is 2.41. The van der Waals surface area contributed by atoms with Crippen molar-refractivity contribution in [2.75, 3.05) is 38.7 Å². The first-order valence-corrected chi connectivity index (χ1v) is 9.80. The maximum Gasteiger partial charge on any atom is 0.250 e. The number of hydrogen-bond acceptors (Lipinski definition) is 5. The molecule has 26 heavy (non-hydrogen) atoms. The highest BCUT2D eigenvalue weighted by atomic mass is 16.5. The van der Waals surface area contributed by atoms with Crippen molar-refractivity contribution < 1.29 is 9.53 Å². The van der Waals surface area contributed by atoms with Gasteiger partial charge in [0.1, 0.15) is 5.82 Å². The molecule has 0 spiro atoms. The van der Waals surface area contributed by atoms with E-state index in [-0.39, 0.29) is 0 Å². The van der Waals surface area contributed by atoms with Crippen LogP contribution in [0.5, 0.6) is 0 Å². The number of aromatic nitrogens is 1. The fourth-order valence-corrected chi connectivity index (χ4v) is 4.56. The summed E-state index contributed by atoms with van der Waals surface area (Å²) in [4.78, 5) is 20.4. The minimum Gasteiger partial charge on any atom is -0.376 e. The molecule has 4 rings (SSSR count). The van der Waals surface area contributed by atoms with Crippen LogP contribution in [0.2, 0.25) is 0 Å². The number of nitrogens with zero attached hydrogens (tertiary/aromatic N) is 3. The Kier molecular flexibility index (Phi) is 4.88. The second-order valence-corrected chi connectivity index (χ2v) is 8.51. The largest absolute Gasteiger partial charge is 0.376 e.